The van der Waals surface area contributed by atoms with Gasteiger partial charge in [0, 0.05) is 66.7 Å². The molecule has 0 atom stereocenters. The number of fused-ring (bicyclic) bond motifs is 2. The van der Waals surface area contributed by atoms with E-state index in [1.807, 2.05) is 29.1 Å². The Balaban J connectivity index is 1.37. The highest BCUT2D eigenvalue weighted by molar-refractivity contribution is 5.84. The number of ether oxygens (including phenoxy) is 2. The number of nitrogens with zero attached hydrogens (tertiary/aromatic N) is 5. The van der Waals surface area contributed by atoms with Crippen LogP contribution in [0.4, 0.5) is 17.2 Å². The lowest BCUT2D eigenvalue weighted by molar-refractivity contribution is 0.122. The third kappa shape index (κ3) is 3.85. The van der Waals surface area contributed by atoms with Gasteiger partial charge in [-0.15, -0.1) is 0 Å². The van der Waals surface area contributed by atoms with Crippen LogP contribution in [-0.4, -0.2) is 58.0 Å². The molecular weight excluding hydrogens is 430 g/mol. The zero-order valence-electron chi connectivity index (χ0n) is 18.9. The van der Waals surface area contributed by atoms with Crippen molar-refractivity contribution in [2.45, 2.75) is 6.61 Å². The second-order valence-corrected chi connectivity index (χ2v) is 8.31. The maximum Gasteiger partial charge on any atom is 0.180 e. The fourth-order valence-electron chi connectivity index (χ4n) is 4.43. The lowest BCUT2D eigenvalue weighted by Crippen LogP contribution is -2.36. The highest BCUT2D eigenvalue weighted by Gasteiger charge is 2.16. The number of morpholine rings is 1. The van der Waals surface area contributed by atoms with E-state index in [4.69, 9.17) is 14.5 Å². The van der Waals surface area contributed by atoms with Gasteiger partial charge >= 0.3 is 0 Å². The van der Waals surface area contributed by atoms with E-state index in [2.05, 4.69) is 55.7 Å². The van der Waals surface area contributed by atoms with Crippen molar-refractivity contribution >= 4 is 33.7 Å². The van der Waals surface area contributed by atoms with Gasteiger partial charge in [-0.05, 0) is 24.3 Å². The predicted molar refractivity (Wildman–Crippen MR) is 132 cm³/mol. The molecule has 1 fully saturated rings. The molecule has 1 aliphatic rings. The largest absolute Gasteiger partial charge is 0.380 e. The Bertz CT molecular complexity index is 1450. The van der Waals surface area contributed by atoms with Crippen molar-refractivity contribution in [2.24, 2.45) is 0 Å². The van der Waals surface area contributed by atoms with Crippen LogP contribution in [0.3, 0.4) is 0 Å². The zero-order valence-corrected chi connectivity index (χ0v) is 18.9. The minimum Gasteiger partial charge on any atom is -0.380 e. The molecule has 9 heteroatoms. The molecule has 9 nitrogen and oxygen atoms in total. The van der Waals surface area contributed by atoms with Crippen LogP contribution in [0.15, 0.2) is 61.2 Å². The standard InChI is InChI=1S/C25H25N7O2/c1-33-16-19-12-20(4-5-23(19)31-8-10-34-11-9-31)28-24-25-26-6-7-32(25)15-22(29-24)17-2-3-18-14-27-30-21(18)13-17/h2-7,12-15H,8-11,16H2,1H3,(H,27,30)(H,28,29). The molecule has 0 saturated carbocycles. The lowest BCUT2D eigenvalue weighted by Gasteiger charge is -2.30. The van der Waals surface area contributed by atoms with E-state index >= 15 is 0 Å². The van der Waals surface area contributed by atoms with Crippen molar-refractivity contribution < 1.29 is 9.47 Å². The summed E-state index contributed by atoms with van der Waals surface area (Å²) in [5.74, 6) is 0.690. The van der Waals surface area contributed by atoms with E-state index in [0.29, 0.717) is 12.4 Å². The van der Waals surface area contributed by atoms with Crippen LogP contribution < -0.4 is 10.2 Å². The van der Waals surface area contributed by atoms with Crippen molar-refractivity contribution in [2.75, 3.05) is 43.6 Å². The summed E-state index contributed by atoms with van der Waals surface area (Å²) in [7, 11) is 1.72. The molecule has 34 heavy (non-hydrogen) atoms. The zero-order chi connectivity index (χ0) is 22.9. The molecule has 2 aromatic carbocycles. The number of anilines is 3. The van der Waals surface area contributed by atoms with E-state index in [9.17, 15) is 0 Å². The van der Waals surface area contributed by atoms with E-state index < -0.39 is 0 Å². The molecule has 0 spiro atoms. The summed E-state index contributed by atoms with van der Waals surface area (Å²) in [6.45, 7) is 3.76. The number of imidazole rings is 1. The summed E-state index contributed by atoms with van der Waals surface area (Å²) in [5, 5.41) is 11.7. The minimum absolute atomic E-state index is 0.526. The first-order chi connectivity index (χ1) is 16.8. The van der Waals surface area contributed by atoms with Gasteiger partial charge in [0.25, 0.3) is 0 Å². The fourth-order valence-corrected chi connectivity index (χ4v) is 4.43. The molecule has 5 aromatic rings. The molecule has 4 heterocycles. The summed E-state index contributed by atoms with van der Waals surface area (Å²) >= 11 is 0. The number of benzene rings is 2. The lowest BCUT2D eigenvalue weighted by atomic mass is 10.1. The monoisotopic (exact) mass is 455 g/mol. The Labute approximate surface area is 196 Å². The Morgan fingerprint density at radius 2 is 2.06 bits per heavy atom. The van der Waals surface area contributed by atoms with E-state index in [-0.39, 0.29) is 0 Å². The number of hydrogen-bond donors (Lipinski definition) is 2. The smallest absolute Gasteiger partial charge is 0.180 e. The second-order valence-electron chi connectivity index (χ2n) is 8.31. The van der Waals surface area contributed by atoms with Crippen molar-refractivity contribution in [3.63, 3.8) is 0 Å². The number of aromatic nitrogens is 5. The quantitative estimate of drug-likeness (QED) is 0.400. The normalized spacial score (nSPS) is 14.2. The van der Waals surface area contributed by atoms with Gasteiger partial charge in [0.2, 0.25) is 0 Å². The van der Waals surface area contributed by atoms with Crippen LogP contribution in [0.5, 0.6) is 0 Å². The van der Waals surface area contributed by atoms with Gasteiger partial charge in [0.05, 0.1) is 37.2 Å². The molecule has 1 saturated heterocycles. The third-order valence-corrected chi connectivity index (χ3v) is 6.11. The van der Waals surface area contributed by atoms with Gasteiger partial charge in [-0.2, -0.15) is 5.10 Å². The molecule has 6 rings (SSSR count). The Morgan fingerprint density at radius 3 is 2.94 bits per heavy atom. The highest BCUT2D eigenvalue weighted by atomic mass is 16.5. The first-order valence-corrected chi connectivity index (χ1v) is 11.3. The molecule has 0 amide bonds. The molecule has 0 unspecified atom stereocenters. The predicted octanol–water partition coefficient (Wildman–Crippen LogP) is 4.00. The number of rotatable bonds is 6. The Morgan fingerprint density at radius 1 is 1.15 bits per heavy atom. The van der Waals surface area contributed by atoms with Gasteiger partial charge in [-0.1, -0.05) is 12.1 Å². The van der Waals surface area contributed by atoms with E-state index in [0.717, 1.165) is 65.4 Å². The van der Waals surface area contributed by atoms with Gasteiger partial charge < -0.3 is 24.1 Å². The maximum absolute atomic E-state index is 5.52. The summed E-state index contributed by atoms with van der Waals surface area (Å²) in [6.07, 6.45) is 7.51. The molecule has 1 aliphatic heterocycles. The van der Waals surface area contributed by atoms with Crippen LogP contribution in [0.25, 0.3) is 27.8 Å². The summed E-state index contributed by atoms with van der Waals surface area (Å²) in [6, 6.07) is 12.5. The van der Waals surface area contributed by atoms with Crippen LogP contribution in [-0.2, 0) is 16.1 Å². The molecular formula is C25H25N7O2. The average molecular weight is 456 g/mol. The number of H-pyrrole nitrogens is 1. The van der Waals surface area contributed by atoms with Crippen molar-refractivity contribution in [1.29, 1.82) is 0 Å². The molecule has 172 valence electrons. The fraction of sp³-hybridized carbons (Fsp3) is 0.240. The summed E-state index contributed by atoms with van der Waals surface area (Å²) in [5.41, 5.74) is 6.80. The number of nitrogens with one attached hydrogen (secondary N) is 2. The van der Waals surface area contributed by atoms with Crippen molar-refractivity contribution in [1.82, 2.24) is 24.6 Å². The van der Waals surface area contributed by atoms with Crippen molar-refractivity contribution in [3.8, 4) is 11.3 Å². The topological polar surface area (TPSA) is 92.6 Å². The Kier molecular flexibility index (Phi) is 5.32. The van der Waals surface area contributed by atoms with E-state index in [1.54, 1.807) is 13.3 Å². The number of methoxy groups -OCH3 is 1. The summed E-state index contributed by atoms with van der Waals surface area (Å²) < 4.78 is 13.0. The SMILES string of the molecule is COCc1cc(Nc2nc(-c3ccc4cn[nH]c4c3)cn3ccnc23)ccc1N1CCOCC1. The summed E-state index contributed by atoms with van der Waals surface area (Å²) in [4.78, 5) is 11.8. The molecule has 2 N–H and O–H groups in total. The highest BCUT2D eigenvalue weighted by Crippen LogP contribution is 2.30. The second kappa shape index (κ2) is 8.77. The van der Waals surface area contributed by atoms with Gasteiger partial charge in [-0.3, -0.25) is 5.10 Å². The van der Waals surface area contributed by atoms with Gasteiger partial charge in [-0.25, -0.2) is 9.97 Å². The average Bonchev–Trinajstić information content (AvgIpc) is 3.54. The number of hydrogen-bond acceptors (Lipinski definition) is 7. The van der Waals surface area contributed by atoms with Crippen LogP contribution in [0.1, 0.15) is 5.56 Å². The minimum atomic E-state index is 0.526. The van der Waals surface area contributed by atoms with Gasteiger partial charge in [0.1, 0.15) is 0 Å². The maximum atomic E-state index is 5.52. The van der Waals surface area contributed by atoms with Crippen molar-refractivity contribution in [3.05, 3.63) is 66.7 Å². The van der Waals surface area contributed by atoms with Crippen LogP contribution in [0.2, 0.25) is 0 Å². The van der Waals surface area contributed by atoms with Crippen LogP contribution >= 0.6 is 0 Å². The molecule has 3 aromatic heterocycles. The van der Waals surface area contributed by atoms with Crippen LogP contribution in [0, 0.1) is 0 Å². The molecule has 0 bridgehead atoms. The number of aromatic amines is 1. The first-order valence-electron chi connectivity index (χ1n) is 11.3. The molecule has 0 aliphatic carbocycles. The van der Waals surface area contributed by atoms with Gasteiger partial charge in [0.15, 0.2) is 11.5 Å². The Hall–Kier alpha value is -3.95. The third-order valence-electron chi connectivity index (χ3n) is 6.11. The van der Waals surface area contributed by atoms with E-state index in [1.165, 1.54) is 5.69 Å². The first kappa shape index (κ1) is 20.6. The molecule has 0 radical (unpaired) electrons.